The summed E-state index contributed by atoms with van der Waals surface area (Å²) in [6.07, 6.45) is 0.626. The maximum atomic E-state index is 9.82. The van der Waals surface area contributed by atoms with E-state index in [1.165, 1.54) is 0 Å². The van der Waals surface area contributed by atoms with E-state index >= 15 is 0 Å². The molecule has 102 valence electrons. The van der Waals surface area contributed by atoms with Crippen molar-refractivity contribution in [2.24, 2.45) is 5.73 Å². The van der Waals surface area contributed by atoms with Gasteiger partial charge in [-0.3, -0.25) is 0 Å². The molecule has 4 nitrogen and oxygen atoms in total. The number of nitrogens with zero attached hydrogens (tertiary/aromatic N) is 1. The van der Waals surface area contributed by atoms with Crippen LogP contribution in [0.4, 0.5) is 0 Å². The summed E-state index contributed by atoms with van der Waals surface area (Å²) >= 11 is 0. The maximum absolute atomic E-state index is 9.82. The minimum absolute atomic E-state index is 0.316. The van der Waals surface area contributed by atoms with Crippen molar-refractivity contribution in [3.8, 4) is 5.75 Å². The van der Waals surface area contributed by atoms with Gasteiger partial charge in [-0.25, -0.2) is 0 Å². The van der Waals surface area contributed by atoms with Gasteiger partial charge in [-0.1, -0.05) is 19.1 Å². The van der Waals surface area contributed by atoms with E-state index in [2.05, 4.69) is 11.8 Å². The lowest BCUT2D eigenvalue weighted by atomic mass is 10.2. The molecule has 1 atom stereocenters. The molecular weight excluding hydrogens is 228 g/mol. The summed E-state index contributed by atoms with van der Waals surface area (Å²) < 4.78 is 5.53. The number of benzene rings is 1. The first-order chi connectivity index (χ1) is 8.65. The Morgan fingerprint density at radius 3 is 2.56 bits per heavy atom. The van der Waals surface area contributed by atoms with E-state index in [9.17, 15) is 5.11 Å². The van der Waals surface area contributed by atoms with Crippen LogP contribution in [-0.4, -0.2) is 42.9 Å². The average Bonchev–Trinajstić information content (AvgIpc) is 2.37. The Labute approximate surface area is 109 Å². The normalized spacial score (nSPS) is 12.7. The van der Waals surface area contributed by atoms with Gasteiger partial charge in [-0.15, -0.1) is 0 Å². The standard InChI is InChI=1S/C14H24N2O2/c1-3-8-16(2)10-13(17)11-18-14-6-4-12(9-15)5-7-14/h4-7,13,17H,3,8-11,15H2,1-2H3. The van der Waals surface area contributed by atoms with Crippen molar-refractivity contribution >= 4 is 0 Å². The van der Waals surface area contributed by atoms with E-state index in [4.69, 9.17) is 10.5 Å². The molecule has 0 amide bonds. The molecule has 4 heteroatoms. The molecule has 0 aromatic heterocycles. The summed E-state index contributed by atoms with van der Waals surface area (Å²) in [7, 11) is 2.00. The molecule has 3 N–H and O–H groups in total. The third-order valence-electron chi connectivity index (χ3n) is 2.73. The van der Waals surface area contributed by atoms with Crippen LogP contribution in [0, 0.1) is 0 Å². The van der Waals surface area contributed by atoms with Gasteiger partial charge in [0.25, 0.3) is 0 Å². The Morgan fingerprint density at radius 2 is 2.00 bits per heavy atom. The smallest absolute Gasteiger partial charge is 0.119 e. The van der Waals surface area contributed by atoms with Gasteiger partial charge < -0.3 is 20.5 Å². The number of aliphatic hydroxyl groups is 1. The van der Waals surface area contributed by atoms with Crippen molar-refractivity contribution in [2.75, 3.05) is 26.7 Å². The predicted molar refractivity (Wildman–Crippen MR) is 73.6 cm³/mol. The van der Waals surface area contributed by atoms with Crippen LogP contribution in [0.15, 0.2) is 24.3 Å². The molecule has 0 saturated carbocycles. The quantitative estimate of drug-likeness (QED) is 0.730. The highest BCUT2D eigenvalue weighted by atomic mass is 16.5. The van der Waals surface area contributed by atoms with Gasteiger partial charge in [-0.2, -0.15) is 0 Å². The van der Waals surface area contributed by atoms with E-state index in [1.54, 1.807) is 0 Å². The maximum Gasteiger partial charge on any atom is 0.119 e. The zero-order chi connectivity index (χ0) is 13.4. The van der Waals surface area contributed by atoms with Crippen molar-refractivity contribution < 1.29 is 9.84 Å². The third kappa shape index (κ3) is 5.49. The van der Waals surface area contributed by atoms with Gasteiger partial charge in [0.15, 0.2) is 0 Å². The third-order valence-corrected chi connectivity index (χ3v) is 2.73. The van der Waals surface area contributed by atoms with Crippen LogP contribution in [0.1, 0.15) is 18.9 Å². The number of nitrogens with two attached hydrogens (primary N) is 1. The Kier molecular flexibility index (Phi) is 6.72. The fourth-order valence-electron chi connectivity index (χ4n) is 1.80. The van der Waals surface area contributed by atoms with Crippen molar-refractivity contribution in [2.45, 2.75) is 26.0 Å². The fourth-order valence-corrected chi connectivity index (χ4v) is 1.80. The average molecular weight is 252 g/mol. The Bertz CT molecular complexity index is 327. The zero-order valence-electron chi connectivity index (χ0n) is 11.3. The first-order valence-electron chi connectivity index (χ1n) is 6.44. The first-order valence-corrected chi connectivity index (χ1v) is 6.44. The van der Waals surface area contributed by atoms with Crippen molar-refractivity contribution in [1.29, 1.82) is 0 Å². The zero-order valence-corrected chi connectivity index (χ0v) is 11.3. The molecule has 0 aliphatic carbocycles. The lowest BCUT2D eigenvalue weighted by molar-refractivity contribution is 0.0764. The molecule has 0 heterocycles. The molecule has 0 bridgehead atoms. The molecule has 0 aliphatic rings. The summed E-state index contributed by atoms with van der Waals surface area (Å²) in [5.41, 5.74) is 6.59. The summed E-state index contributed by atoms with van der Waals surface area (Å²) in [6.45, 7) is 4.59. The van der Waals surface area contributed by atoms with Gasteiger partial charge in [-0.05, 0) is 37.7 Å². The topological polar surface area (TPSA) is 58.7 Å². The lowest BCUT2D eigenvalue weighted by Gasteiger charge is -2.20. The summed E-state index contributed by atoms with van der Waals surface area (Å²) in [5, 5.41) is 9.82. The van der Waals surface area contributed by atoms with Crippen LogP contribution >= 0.6 is 0 Å². The second kappa shape index (κ2) is 8.08. The molecule has 0 radical (unpaired) electrons. The minimum atomic E-state index is -0.462. The van der Waals surface area contributed by atoms with Crippen molar-refractivity contribution in [3.05, 3.63) is 29.8 Å². The highest BCUT2D eigenvalue weighted by Gasteiger charge is 2.08. The molecule has 0 aliphatic heterocycles. The number of rotatable bonds is 8. The largest absolute Gasteiger partial charge is 0.491 e. The lowest BCUT2D eigenvalue weighted by Crippen LogP contribution is -2.33. The molecule has 1 unspecified atom stereocenters. The molecule has 1 aromatic rings. The fraction of sp³-hybridized carbons (Fsp3) is 0.571. The van der Waals surface area contributed by atoms with Crippen LogP contribution in [0.5, 0.6) is 5.75 Å². The minimum Gasteiger partial charge on any atom is -0.491 e. The van der Waals surface area contributed by atoms with E-state index in [-0.39, 0.29) is 0 Å². The summed E-state index contributed by atoms with van der Waals surface area (Å²) in [6, 6.07) is 7.63. The molecule has 0 spiro atoms. The van der Waals surface area contributed by atoms with Crippen LogP contribution in [0.25, 0.3) is 0 Å². The van der Waals surface area contributed by atoms with Gasteiger partial charge >= 0.3 is 0 Å². The molecule has 1 rings (SSSR count). The van der Waals surface area contributed by atoms with E-state index in [1.807, 2.05) is 31.3 Å². The first kappa shape index (κ1) is 15.0. The van der Waals surface area contributed by atoms with Crippen LogP contribution in [0.3, 0.4) is 0 Å². The van der Waals surface area contributed by atoms with Gasteiger partial charge in [0.2, 0.25) is 0 Å². The number of likely N-dealkylation sites (N-methyl/N-ethyl adjacent to an activating group) is 1. The van der Waals surface area contributed by atoms with Crippen molar-refractivity contribution in [3.63, 3.8) is 0 Å². The summed E-state index contributed by atoms with van der Waals surface area (Å²) in [4.78, 5) is 2.10. The molecule has 1 aromatic carbocycles. The van der Waals surface area contributed by atoms with Gasteiger partial charge in [0.1, 0.15) is 18.5 Å². The predicted octanol–water partition coefficient (Wildman–Crippen LogP) is 1.23. The van der Waals surface area contributed by atoms with Gasteiger partial charge in [0.05, 0.1) is 0 Å². The van der Waals surface area contributed by atoms with Crippen LogP contribution in [0.2, 0.25) is 0 Å². The number of hydrogen-bond acceptors (Lipinski definition) is 4. The summed E-state index contributed by atoms with van der Waals surface area (Å²) in [5.74, 6) is 0.768. The second-order valence-electron chi connectivity index (χ2n) is 4.58. The van der Waals surface area contributed by atoms with Crippen LogP contribution < -0.4 is 10.5 Å². The van der Waals surface area contributed by atoms with Crippen molar-refractivity contribution in [1.82, 2.24) is 4.90 Å². The van der Waals surface area contributed by atoms with Crippen LogP contribution in [-0.2, 0) is 6.54 Å². The van der Waals surface area contributed by atoms with E-state index in [0.29, 0.717) is 19.7 Å². The molecule has 0 fully saturated rings. The Morgan fingerprint density at radius 1 is 1.33 bits per heavy atom. The second-order valence-corrected chi connectivity index (χ2v) is 4.58. The number of aliphatic hydroxyl groups excluding tert-OH is 1. The van der Waals surface area contributed by atoms with E-state index in [0.717, 1.165) is 24.3 Å². The number of hydrogen-bond donors (Lipinski definition) is 2. The number of ether oxygens (including phenoxy) is 1. The SMILES string of the molecule is CCCN(C)CC(O)COc1ccc(CN)cc1. The molecule has 18 heavy (non-hydrogen) atoms. The van der Waals surface area contributed by atoms with E-state index < -0.39 is 6.10 Å². The highest BCUT2D eigenvalue weighted by Crippen LogP contribution is 2.12. The monoisotopic (exact) mass is 252 g/mol. The Hall–Kier alpha value is -1.10. The molecular formula is C14H24N2O2. The Balaban J connectivity index is 2.30. The van der Waals surface area contributed by atoms with Gasteiger partial charge in [0, 0.05) is 13.1 Å². The highest BCUT2D eigenvalue weighted by molar-refractivity contribution is 5.27. The molecule has 0 saturated heterocycles.